The van der Waals surface area contributed by atoms with Crippen LogP contribution in [0.15, 0.2) is 54.6 Å². The van der Waals surface area contributed by atoms with E-state index in [1.54, 1.807) is 17.0 Å². The van der Waals surface area contributed by atoms with Gasteiger partial charge in [0.2, 0.25) is 0 Å². The molecule has 0 spiro atoms. The van der Waals surface area contributed by atoms with E-state index in [0.717, 1.165) is 31.9 Å². The molecule has 1 atom stereocenters. The lowest BCUT2D eigenvalue weighted by atomic mass is 10.2. The third-order valence-corrected chi connectivity index (χ3v) is 5.94. The van der Waals surface area contributed by atoms with Crippen molar-refractivity contribution in [3.05, 3.63) is 59.6 Å². The monoisotopic (exact) mass is 416 g/mol. The van der Waals surface area contributed by atoms with Crippen molar-refractivity contribution < 1.29 is 19.4 Å². The van der Waals surface area contributed by atoms with Crippen molar-refractivity contribution in [1.82, 2.24) is 0 Å². The molecule has 0 bridgehead atoms. The summed E-state index contributed by atoms with van der Waals surface area (Å²) in [6, 6.07) is 16.8. The summed E-state index contributed by atoms with van der Waals surface area (Å²) < 4.78 is 0. The fourth-order valence-electron chi connectivity index (χ4n) is 3.76. The number of rotatable bonds is 6. The van der Waals surface area contributed by atoms with Gasteiger partial charge in [-0.25, -0.2) is 0 Å². The molecule has 6 nitrogen and oxygen atoms in total. The number of piperazine rings is 1. The van der Waals surface area contributed by atoms with E-state index in [1.165, 1.54) is 9.80 Å². The van der Waals surface area contributed by atoms with Crippen LogP contribution in [-0.4, -0.2) is 57.6 Å². The molecule has 3 N–H and O–H groups in total. The number of halogens is 1. The Morgan fingerprint density at radius 3 is 2.31 bits per heavy atom. The minimum atomic E-state index is -0.112. The standard InChI is InChI=1S/C22H27ClN4O2/c1-17(22(29)25(2)18-8-4-3-5-9-18)27-14-12-26(13-15-27)16-21(28)24-20-11-7-6-10-19(20)23/h3-11,17H,12-16H2,1-2H3,(H,24,28)/p+2/t17-/m1/s1. The van der Waals surface area contributed by atoms with Crippen molar-refractivity contribution in [3.63, 3.8) is 0 Å². The SMILES string of the molecule is C[C@H](C(=O)N(C)c1ccccc1)[NH+]1CC[NH+](CC(=O)Nc2ccccc2Cl)CC1. The van der Waals surface area contributed by atoms with Crippen LogP contribution in [0.1, 0.15) is 6.92 Å². The van der Waals surface area contributed by atoms with Crippen LogP contribution in [0.2, 0.25) is 5.02 Å². The van der Waals surface area contributed by atoms with Crippen LogP contribution < -0.4 is 20.0 Å². The molecule has 7 heteroatoms. The van der Waals surface area contributed by atoms with E-state index >= 15 is 0 Å². The van der Waals surface area contributed by atoms with E-state index in [-0.39, 0.29) is 17.9 Å². The molecule has 1 saturated heterocycles. The maximum Gasteiger partial charge on any atom is 0.284 e. The first-order valence-electron chi connectivity index (χ1n) is 10.0. The smallest absolute Gasteiger partial charge is 0.284 e. The molecule has 154 valence electrons. The van der Waals surface area contributed by atoms with Crippen molar-refractivity contribution in [2.45, 2.75) is 13.0 Å². The average Bonchev–Trinajstić information content (AvgIpc) is 2.75. The number of hydrogen-bond acceptors (Lipinski definition) is 2. The van der Waals surface area contributed by atoms with Gasteiger partial charge < -0.3 is 20.0 Å². The Labute approximate surface area is 177 Å². The Morgan fingerprint density at radius 2 is 1.66 bits per heavy atom. The molecule has 29 heavy (non-hydrogen) atoms. The van der Waals surface area contributed by atoms with Crippen molar-refractivity contribution in [1.29, 1.82) is 0 Å². The second-order valence-electron chi connectivity index (χ2n) is 7.57. The van der Waals surface area contributed by atoms with E-state index in [0.29, 0.717) is 17.3 Å². The fraction of sp³-hybridized carbons (Fsp3) is 0.364. The largest absolute Gasteiger partial charge is 0.320 e. The van der Waals surface area contributed by atoms with Crippen LogP contribution >= 0.6 is 11.6 Å². The Morgan fingerprint density at radius 1 is 1.03 bits per heavy atom. The average molecular weight is 417 g/mol. The van der Waals surface area contributed by atoms with Gasteiger partial charge in [0.05, 0.1) is 10.7 Å². The topological polar surface area (TPSA) is 58.3 Å². The number of hydrogen-bond donors (Lipinski definition) is 3. The highest BCUT2D eigenvalue weighted by molar-refractivity contribution is 6.33. The van der Waals surface area contributed by atoms with Crippen LogP contribution in [0.25, 0.3) is 0 Å². The van der Waals surface area contributed by atoms with Gasteiger partial charge in [-0.3, -0.25) is 9.59 Å². The lowest BCUT2D eigenvalue weighted by Crippen LogP contribution is -3.30. The summed E-state index contributed by atoms with van der Waals surface area (Å²) in [4.78, 5) is 29.4. The number of anilines is 2. The van der Waals surface area contributed by atoms with Crippen molar-refractivity contribution in [2.24, 2.45) is 0 Å². The predicted molar refractivity (Wildman–Crippen MR) is 116 cm³/mol. The van der Waals surface area contributed by atoms with Gasteiger partial charge in [0, 0.05) is 12.7 Å². The summed E-state index contributed by atoms with van der Waals surface area (Å²) >= 11 is 6.10. The summed E-state index contributed by atoms with van der Waals surface area (Å²) in [6.07, 6.45) is 0. The Balaban J connectivity index is 1.47. The number of quaternary nitrogens is 2. The third-order valence-electron chi connectivity index (χ3n) is 5.61. The van der Waals surface area contributed by atoms with Gasteiger partial charge >= 0.3 is 0 Å². The highest BCUT2D eigenvalue weighted by Crippen LogP contribution is 2.19. The molecule has 0 aromatic heterocycles. The van der Waals surface area contributed by atoms with Gasteiger partial charge in [-0.15, -0.1) is 0 Å². The van der Waals surface area contributed by atoms with E-state index < -0.39 is 0 Å². The highest BCUT2D eigenvalue weighted by Gasteiger charge is 2.33. The van der Waals surface area contributed by atoms with E-state index in [2.05, 4.69) is 5.32 Å². The number of benzene rings is 2. The van der Waals surface area contributed by atoms with Crippen LogP contribution in [0.4, 0.5) is 11.4 Å². The van der Waals surface area contributed by atoms with Gasteiger partial charge in [0.1, 0.15) is 26.2 Å². The molecule has 2 aromatic carbocycles. The number of nitrogens with zero attached hydrogens (tertiary/aromatic N) is 1. The van der Waals surface area contributed by atoms with Crippen molar-refractivity contribution >= 4 is 34.8 Å². The summed E-state index contributed by atoms with van der Waals surface area (Å²) in [5.74, 6) is 0.0793. The molecule has 0 radical (unpaired) electrons. The second-order valence-corrected chi connectivity index (χ2v) is 7.97. The lowest BCUT2D eigenvalue weighted by molar-refractivity contribution is -1.01. The molecule has 2 amide bonds. The molecule has 1 fully saturated rings. The van der Waals surface area contributed by atoms with Gasteiger partial charge in [0.15, 0.2) is 12.6 Å². The number of likely N-dealkylation sites (N-methyl/N-ethyl adjacent to an activating group) is 1. The van der Waals surface area contributed by atoms with Crippen molar-refractivity contribution in [2.75, 3.05) is 50.0 Å². The zero-order valence-electron chi connectivity index (χ0n) is 17.0. The van der Waals surface area contributed by atoms with Gasteiger partial charge in [-0.05, 0) is 31.2 Å². The molecular weight excluding hydrogens is 388 g/mol. The third kappa shape index (κ3) is 5.56. The number of amides is 2. The normalized spacial score (nSPS) is 20.0. The zero-order chi connectivity index (χ0) is 20.8. The molecule has 1 heterocycles. The fourth-order valence-corrected chi connectivity index (χ4v) is 3.95. The minimum Gasteiger partial charge on any atom is -0.320 e. The second kappa shape index (κ2) is 9.87. The number of para-hydroxylation sites is 2. The van der Waals surface area contributed by atoms with Crippen molar-refractivity contribution in [3.8, 4) is 0 Å². The molecule has 2 aromatic rings. The van der Waals surface area contributed by atoms with Gasteiger partial charge in [-0.2, -0.15) is 0 Å². The minimum absolute atomic E-state index is 0.0375. The van der Waals surface area contributed by atoms with Crippen LogP contribution in [0.5, 0.6) is 0 Å². The van der Waals surface area contributed by atoms with Crippen LogP contribution in [0, 0.1) is 0 Å². The number of nitrogens with one attached hydrogen (secondary N) is 3. The lowest BCUT2D eigenvalue weighted by Gasteiger charge is -2.33. The quantitative estimate of drug-likeness (QED) is 0.626. The Kier molecular flexibility index (Phi) is 7.25. The predicted octanol–water partition coefficient (Wildman–Crippen LogP) is 0.113. The number of carbonyl (C=O) groups excluding carboxylic acids is 2. The molecule has 3 rings (SSSR count). The molecule has 0 saturated carbocycles. The van der Waals surface area contributed by atoms with E-state index in [1.807, 2.05) is 56.4 Å². The van der Waals surface area contributed by atoms with Gasteiger partial charge in [0.25, 0.3) is 11.8 Å². The number of carbonyl (C=O) groups is 2. The first-order valence-corrected chi connectivity index (χ1v) is 10.4. The van der Waals surface area contributed by atoms with E-state index in [4.69, 9.17) is 11.6 Å². The summed E-state index contributed by atoms with van der Waals surface area (Å²) in [5, 5.41) is 3.43. The molecule has 0 unspecified atom stereocenters. The molecular formula is C22H29ClN4O2+2. The first kappa shape index (κ1) is 21.3. The summed E-state index contributed by atoms with van der Waals surface area (Å²) in [5.41, 5.74) is 1.55. The maximum atomic E-state index is 12.9. The summed E-state index contributed by atoms with van der Waals surface area (Å²) in [6.45, 7) is 5.85. The highest BCUT2D eigenvalue weighted by atomic mass is 35.5. The maximum absolute atomic E-state index is 12.9. The van der Waals surface area contributed by atoms with Crippen LogP contribution in [-0.2, 0) is 9.59 Å². The molecule has 1 aliphatic heterocycles. The van der Waals surface area contributed by atoms with Gasteiger partial charge in [-0.1, -0.05) is 41.9 Å². The van der Waals surface area contributed by atoms with E-state index in [9.17, 15) is 9.59 Å². The Hall–Kier alpha value is -2.41. The Bertz CT molecular complexity index is 838. The molecule has 0 aliphatic carbocycles. The summed E-state index contributed by atoms with van der Waals surface area (Å²) in [7, 11) is 1.83. The zero-order valence-corrected chi connectivity index (χ0v) is 17.7. The van der Waals surface area contributed by atoms with Crippen LogP contribution in [0.3, 0.4) is 0 Å². The molecule has 1 aliphatic rings. The first-order chi connectivity index (χ1) is 14.0.